The maximum atomic E-state index is 5.34. The predicted molar refractivity (Wildman–Crippen MR) is 72.6 cm³/mol. The van der Waals surface area contributed by atoms with E-state index in [2.05, 4.69) is 36.9 Å². The summed E-state index contributed by atoms with van der Waals surface area (Å²) in [5.74, 6) is 2.73. The molecule has 2 heteroatoms. The number of unbranched alkanes of at least 4 members (excludes halogenated alkanes) is 2. The summed E-state index contributed by atoms with van der Waals surface area (Å²) >= 11 is 0. The molecule has 0 aliphatic rings. The Morgan fingerprint density at radius 1 is 1.19 bits per heavy atom. The van der Waals surface area contributed by atoms with E-state index in [1.807, 2.05) is 0 Å². The third-order valence-corrected chi connectivity index (χ3v) is 2.56. The molecule has 2 nitrogen and oxygen atoms in total. The van der Waals surface area contributed by atoms with Crippen LogP contribution in [-0.4, -0.2) is 37.1 Å². The SMILES string of the molecule is C#CCN(CCC)CCCCCNC(C)C. The molecule has 0 spiro atoms. The van der Waals surface area contributed by atoms with Crippen molar-refractivity contribution >= 4 is 0 Å². The number of terminal acetylenes is 1. The zero-order valence-electron chi connectivity index (χ0n) is 11.3. The van der Waals surface area contributed by atoms with Crippen molar-refractivity contribution in [1.82, 2.24) is 10.2 Å². The molecule has 0 heterocycles. The highest BCUT2D eigenvalue weighted by atomic mass is 15.1. The molecule has 16 heavy (non-hydrogen) atoms. The van der Waals surface area contributed by atoms with Gasteiger partial charge >= 0.3 is 0 Å². The number of nitrogens with zero attached hydrogens (tertiary/aromatic N) is 1. The summed E-state index contributed by atoms with van der Waals surface area (Å²) in [5, 5.41) is 3.44. The van der Waals surface area contributed by atoms with Crippen molar-refractivity contribution < 1.29 is 0 Å². The fourth-order valence-electron chi connectivity index (χ4n) is 1.74. The number of nitrogens with one attached hydrogen (secondary N) is 1. The van der Waals surface area contributed by atoms with E-state index in [1.165, 1.54) is 25.7 Å². The van der Waals surface area contributed by atoms with Crippen LogP contribution in [0.1, 0.15) is 46.5 Å². The van der Waals surface area contributed by atoms with Crippen LogP contribution < -0.4 is 5.32 Å². The van der Waals surface area contributed by atoms with E-state index in [1.54, 1.807) is 0 Å². The minimum Gasteiger partial charge on any atom is -0.315 e. The minimum atomic E-state index is 0.609. The first-order valence-electron chi connectivity index (χ1n) is 6.59. The summed E-state index contributed by atoms with van der Waals surface area (Å²) in [6.45, 7) is 10.8. The zero-order valence-corrected chi connectivity index (χ0v) is 11.3. The Hall–Kier alpha value is -0.520. The molecule has 0 rings (SSSR count). The Kier molecular flexibility index (Phi) is 10.6. The van der Waals surface area contributed by atoms with E-state index in [-0.39, 0.29) is 0 Å². The lowest BCUT2D eigenvalue weighted by Gasteiger charge is -2.18. The van der Waals surface area contributed by atoms with Crippen molar-refractivity contribution in [3.05, 3.63) is 0 Å². The standard InChI is InChI=1S/C14H28N2/c1-5-11-16(12-6-2)13-9-7-8-10-15-14(3)4/h1,14-15H,6-13H2,2-4H3. The molecule has 0 bridgehead atoms. The fraction of sp³-hybridized carbons (Fsp3) is 0.857. The summed E-state index contributed by atoms with van der Waals surface area (Å²) in [7, 11) is 0. The average molecular weight is 224 g/mol. The van der Waals surface area contributed by atoms with Gasteiger partial charge in [-0.2, -0.15) is 0 Å². The molecule has 0 unspecified atom stereocenters. The lowest BCUT2D eigenvalue weighted by Crippen LogP contribution is -2.26. The van der Waals surface area contributed by atoms with Crippen molar-refractivity contribution in [1.29, 1.82) is 0 Å². The first-order valence-corrected chi connectivity index (χ1v) is 6.59. The maximum Gasteiger partial charge on any atom is 0.0598 e. The van der Waals surface area contributed by atoms with Gasteiger partial charge in [0.1, 0.15) is 0 Å². The van der Waals surface area contributed by atoms with Gasteiger partial charge in [0, 0.05) is 6.04 Å². The van der Waals surface area contributed by atoms with Crippen LogP contribution in [0.2, 0.25) is 0 Å². The second-order valence-electron chi connectivity index (χ2n) is 4.65. The molecule has 0 aromatic rings. The van der Waals surface area contributed by atoms with E-state index < -0.39 is 0 Å². The lowest BCUT2D eigenvalue weighted by atomic mass is 10.2. The highest BCUT2D eigenvalue weighted by Gasteiger charge is 2.01. The van der Waals surface area contributed by atoms with Gasteiger partial charge in [0.05, 0.1) is 6.54 Å². The summed E-state index contributed by atoms with van der Waals surface area (Å²) in [6, 6.07) is 0.609. The molecule has 0 aromatic heterocycles. The largest absolute Gasteiger partial charge is 0.315 e. The van der Waals surface area contributed by atoms with E-state index in [4.69, 9.17) is 6.42 Å². The van der Waals surface area contributed by atoms with Crippen molar-refractivity contribution in [2.45, 2.75) is 52.5 Å². The molecule has 1 N–H and O–H groups in total. The van der Waals surface area contributed by atoms with Crippen molar-refractivity contribution in [2.75, 3.05) is 26.2 Å². The first kappa shape index (κ1) is 15.5. The Balaban J connectivity index is 3.37. The van der Waals surface area contributed by atoms with Crippen LogP contribution in [0.3, 0.4) is 0 Å². The van der Waals surface area contributed by atoms with Gasteiger partial charge in [0.15, 0.2) is 0 Å². The Morgan fingerprint density at radius 2 is 1.94 bits per heavy atom. The second kappa shape index (κ2) is 11.0. The van der Waals surface area contributed by atoms with Crippen molar-refractivity contribution in [3.8, 4) is 12.3 Å². The fourth-order valence-corrected chi connectivity index (χ4v) is 1.74. The monoisotopic (exact) mass is 224 g/mol. The van der Waals surface area contributed by atoms with Gasteiger partial charge in [0.25, 0.3) is 0 Å². The van der Waals surface area contributed by atoms with Gasteiger partial charge in [-0.05, 0) is 38.9 Å². The van der Waals surface area contributed by atoms with Crippen LogP contribution in [0.15, 0.2) is 0 Å². The molecule has 0 aromatic carbocycles. The molecule has 0 fully saturated rings. The highest BCUT2D eigenvalue weighted by molar-refractivity contribution is 4.87. The third-order valence-electron chi connectivity index (χ3n) is 2.56. The van der Waals surface area contributed by atoms with Crippen LogP contribution in [-0.2, 0) is 0 Å². The summed E-state index contributed by atoms with van der Waals surface area (Å²) < 4.78 is 0. The topological polar surface area (TPSA) is 15.3 Å². The minimum absolute atomic E-state index is 0.609. The molecule has 0 saturated carbocycles. The quantitative estimate of drug-likeness (QED) is 0.453. The van der Waals surface area contributed by atoms with Crippen molar-refractivity contribution in [3.63, 3.8) is 0 Å². The van der Waals surface area contributed by atoms with Crippen molar-refractivity contribution in [2.24, 2.45) is 0 Å². The molecule has 0 atom stereocenters. The van der Waals surface area contributed by atoms with Gasteiger partial charge in [0.2, 0.25) is 0 Å². The van der Waals surface area contributed by atoms with Gasteiger partial charge < -0.3 is 5.32 Å². The Morgan fingerprint density at radius 3 is 2.50 bits per heavy atom. The number of rotatable bonds is 10. The van der Waals surface area contributed by atoms with Gasteiger partial charge in [-0.3, -0.25) is 4.90 Å². The van der Waals surface area contributed by atoms with Crippen LogP contribution in [0.25, 0.3) is 0 Å². The van der Waals surface area contributed by atoms with Crippen LogP contribution in [0, 0.1) is 12.3 Å². The maximum absolute atomic E-state index is 5.34. The average Bonchev–Trinajstić information content (AvgIpc) is 2.23. The number of hydrogen-bond donors (Lipinski definition) is 1. The predicted octanol–water partition coefficient (Wildman–Crippen LogP) is 2.50. The normalized spacial score (nSPS) is 11.0. The Labute approximate surface area is 102 Å². The second-order valence-corrected chi connectivity index (χ2v) is 4.65. The number of hydrogen-bond acceptors (Lipinski definition) is 2. The molecule has 0 saturated heterocycles. The molecular formula is C14H28N2. The van der Waals surface area contributed by atoms with E-state index >= 15 is 0 Å². The zero-order chi connectivity index (χ0) is 12.2. The highest BCUT2D eigenvalue weighted by Crippen LogP contribution is 1.99. The van der Waals surface area contributed by atoms with Crippen LogP contribution >= 0.6 is 0 Å². The summed E-state index contributed by atoms with van der Waals surface area (Å²) in [5.41, 5.74) is 0. The third kappa shape index (κ3) is 10.0. The van der Waals surface area contributed by atoms with Gasteiger partial charge in [-0.25, -0.2) is 0 Å². The first-order chi connectivity index (χ1) is 7.70. The molecule has 0 amide bonds. The summed E-state index contributed by atoms with van der Waals surface area (Å²) in [6.07, 6.45) is 10.4. The Bertz CT molecular complexity index is 182. The molecule has 0 radical (unpaired) electrons. The van der Waals surface area contributed by atoms with E-state index in [9.17, 15) is 0 Å². The lowest BCUT2D eigenvalue weighted by molar-refractivity contribution is 0.299. The van der Waals surface area contributed by atoms with Gasteiger partial charge in [-0.1, -0.05) is 33.1 Å². The molecule has 0 aliphatic carbocycles. The van der Waals surface area contributed by atoms with Gasteiger partial charge in [-0.15, -0.1) is 6.42 Å². The molecule has 0 aliphatic heterocycles. The van der Waals surface area contributed by atoms with E-state index in [0.717, 1.165) is 26.2 Å². The molecule has 94 valence electrons. The van der Waals surface area contributed by atoms with E-state index in [0.29, 0.717) is 6.04 Å². The van der Waals surface area contributed by atoms with Crippen LogP contribution in [0.4, 0.5) is 0 Å². The smallest absolute Gasteiger partial charge is 0.0598 e. The van der Waals surface area contributed by atoms with Crippen LogP contribution in [0.5, 0.6) is 0 Å². The molecular weight excluding hydrogens is 196 g/mol. The summed E-state index contributed by atoms with van der Waals surface area (Å²) in [4.78, 5) is 2.37.